The highest BCUT2D eigenvalue weighted by atomic mass is 16.1. The lowest BCUT2D eigenvalue weighted by molar-refractivity contribution is -0.115. The van der Waals surface area contributed by atoms with Crippen LogP contribution in [0, 0.1) is 0 Å². The van der Waals surface area contributed by atoms with Crippen LogP contribution in [0.2, 0.25) is 0 Å². The van der Waals surface area contributed by atoms with Gasteiger partial charge < -0.3 is 5.32 Å². The first-order chi connectivity index (χ1) is 14.3. The number of Topliss-reactive ketones (excluding diaryl/α,β-unsaturated/α-hetero) is 1. The first kappa shape index (κ1) is 17.6. The second kappa shape index (κ2) is 7.47. The van der Waals surface area contributed by atoms with Crippen molar-refractivity contribution in [1.29, 1.82) is 0 Å². The second-order valence-electron chi connectivity index (χ2n) is 7.47. The molecule has 1 N–H and O–H groups in total. The van der Waals surface area contributed by atoms with Crippen molar-refractivity contribution >= 4 is 23.0 Å². The average Bonchev–Trinajstić information content (AvgIpc) is 3.22. The molecule has 1 unspecified atom stereocenters. The lowest BCUT2D eigenvalue weighted by Gasteiger charge is -2.24. The maximum atomic E-state index is 12.6. The molecule has 0 bridgehead atoms. The fourth-order valence-electron chi connectivity index (χ4n) is 4.24. The van der Waals surface area contributed by atoms with Crippen LogP contribution in [-0.2, 0) is 4.79 Å². The molecule has 1 heterocycles. The van der Waals surface area contributed by atoms with Crippen molar-refractivity contribution in [2.45, 2.75) is 25.2 Å². The van der Waals surface area contributed by atoms with Gasteiger partial charge >= 0.3 is 0 Å². The number of para-hydroxylation sites is 1. The molecule has 3 aromatic rings. The standard InChI is InChI=1S/C25H21N3O/c29-24-12-11-20(17-7-3-1-4-8-17)21-15-18(16-22(21)24)23-13-14-26-25(28-23)27-19-9-5-2-6-10-19/h1-10,13-14,16,20H,11-12,15H2,(H,26,27,28). The Labute approximate surface area is 170 Å². The molecule has 5 rings (SSSR count). The number of anilines is 2. The molecule has 2 aromatic carbocycles. The van der Waals surface area contributed by atoms with Crippen LogP contribution in [-0.4, -0.2) is 15.8 Å². The summed E-state index contributed by atoms with van der Waals surface area (Å²) in [7, 11) is 0. The van der Waals surface area contributed by atoms with Crippen LogP contribution < -0.4 is 5.32 Å². The molecule has 0 spiro atoms. The molecule has 0 saturated carbocycles. The molecule has 1 atom stereocenters. The minimum absolute atomic E-state index is 0.249. The number of hydrogen-bond acceptors (Lipinski definition) is 4. The number of hydrogen-bond donors (Lipinski definition) is 1. The predicted octanol–water partition coefficient (Wildman–Crippen LogP) is 5.45. The number of ketones is 1. The Balaban J connectivity index is 1.42. The van der Waals surface area contributed by atoms with Crippen molar-refractivity contribution in [3.05, 3.63) is 101 Å². The van der Waals surface area contributed by atoms with E-state index in [4.69, 9.17) is 4.98 Å². The zero-order valence-corrected chi connectivity index (χ0v) is 16.0. The van der Waals surface area contributed by atoms with Crippen molar-refractivity contribution in [1.82, 2.24) is 9.97 Å². The van der Waals surface area contributed by atoms with Crippen LogP contribution in [0.5, 0.6) is 0 Å². The normalized spacial score (nSPS) is 18.4. The Kier molecular flexibility index (Phi) is 4.53. The molecule has 2 aliphatic rings. The molecular weight excluding hydrogens is 358 g/mol. The summed E-state index contributed by atoms with van der Waals surface area (Å²) in [5, 5.41) is 3.24. The van der Waals surface area contributed by atoms with Gasteiger partial charge in [-0.1, -0.05) is 48.5 Å². The molecule has 29 heavy (non-hydrogen) atoms. The Morgan fingerprint density at radius 2 is 1.69 bits per heavy atom. The maximum Gasteiger partial charge on any atom is 0.227 e. The molecule has 142 valence electrons. The van der Waals surface area contributed by atoms with Gasteiger partial charge in [0.15, 0.2) is 5.78 Å². The third kappa shape index (κ3) is 3.49. The van der Waals surface area contributed by atoms with E-state index in [0.29, 0.717) is 18.3 Å². The Bertz CT molecular complexity index is 1120. The summed E-state index contributed by atoms with van der Waals surface area (Å²) in [5.41, 5.74) is 6.31. The van der Waals surface area contributed by atoms with E-state index in [2.05, 4.69) is 34.6 Å². The smallest absolute Gasteiger partial charge is 0.227 e. The highest BCUT2D eigenvalue weighted by molar-refractivity contribution is 6.04. The van der Waals surface area contributed by atoms with E-state index >= 15 is 0 Å². The van der Waals surface area contributed by atoms with E-state index in [-0.39, 0.29) is 5.78 Å². The fourth-order valence-corrected chi connectivity index (χ4v) is 4.24. The summed E-state index contributed by atoms with van der Waals surface area (Å²) in [5.74, 6) is 1.12. The van der Waals surface area contributed by atoms with Gasteiger partial charge in [-0.05, 0) is 53.8 Å². The first-order valence-corrected chi connectivity index (χ1v) is 9.95. The minimum Gasteiger partial charge on any atom is -0.324 e. The average molecular weight is 379 g/mol. The highest BCUT2D eigenvalue weighted by Gasteiger charge is 2.32. The topological polar surface area (TPSA) is 54.9 Å². The molecule has 4 nitrogen and oxygen atoms in total. The van der Waals surface area contributed by atoms with E-state index < -0.39 is 0 Å². The van der Waals surface area contributed by atoms with Gasteiger partial charge in [0.1, 0.15) is 0 Å². The van der Waals surface area contributed by atoms with Crippen molar-refractivity contribution < 1.29 is 4.79 Å². The zero-order valence-electron chi connectivity index (χ0n) is 16.0. The first-order valence-electron chi connectivity index (χ1n) is 9.95. The number of nitrogens with one attached hydrogen (secondary N) is 1. The second-order valence-corrected chi connectivity index (χ2v) is 7.47. The van der Waals surface area contributed by atoms with Gasteiger partial charge in [0.2, 0.25) is 5.95 Å². The van der Waals surface area contributed by atoms with Crippen LogP contribution in [0.1, 0.15) is 36.4 Å². The fraction of sp³-hybridized carbons (Fsp3) is 0.160. The maximum absolute atomic E-state index is 12.6. The number of rotatable bonds is 4. The van der Waals surface area contributed by atoms with Gasteiger partial charge in [-0.25, -0.2) is 9.97 Å². The monoisotopic (exact) mass is 379 g/mol. The molecule has 1 aromatic heterocycles. The summed E-state index contributed by atoms with van der Waals surface area (Å²) >= 11 is 0. The van der Waals surface area contributed by atoms with E-state index in [1.807, 2.05) is 48.5 Å². The number of allylic oxidation sites excluding steroid dienone is 4. The molecule has 0 fully saturated rings. The zero-order chi connectivity index (χ0) is 19.6. The van der Waals surface area contributed by atoms with Crippen LogP contribution in [0.3, 0.4) is 0 Å². The molecule has 4 heteroatoms. The lowest BCUT2D eigenvalue weighted by atomic mass is 9.79. The summed E-state index contributed by atoms with van der Waals surface area (Å²) in [6.07, 6.45) is 6.06. The predicted molar refractivity (Wildman–Crippen MR) is 115 cm³/mol. The minimum atomic E-state index is 0.249. The highest BCUT2D eigenvalue weighted by Crippen LogP contribution is 2.45. The van der Waals surface area contributed by atoms with Gasteiger partial charge in [-0.3, -0.25) is 4.79 Å². The Hall–Kier alpha value is -3.53. The summed E-state index contributed by atoms with van der Waals surface area (Å²) in [6, 6.07) is 22.3. The van der Waals surface area contributed by atoms with Gasteiger partial charge in [-0.2, -0.15) is 0 Å². The van der Waals surface area contributed by atoms with Crippen molar-refractivity contribution in [2.75, 3.05) is 5.32 Å². The summed E-state index contributed by atoms with van der Waals surface area (Å²) in [6.45, 7) is 0. The van der Waals surface area contributed by atoms with Gasteiger partial charge in [0, 0.05) is 29.8 Å². The third-order valence-corrected chi connectivity index (χ3v) is 5.64. The third-order valence-electron chi connectivity index (χ3n) is 5.64. The molecule has 0 radical (unpaired) electrons. The number of carbonyl (C=O) groups excluding carboxylic acids is 1. The number of nitrogens with zero attached hydrogens (tertiary/aromatic N) is 2. The largest absolute Gasteiger partial charge is 0.324 e. The number of benzene rings is 2. The Morgan fingerprint density at radius 3 is 2.48 bits per heavy atom. The van der Waals surface area contributed by atoms with Gasteiger partial charge in [-0.15, -0.1) is 0 Å². The van der Waals surface area contributed by atoms with Crippen molar-refractivity contribution in [3.8, 4) is 0 Å². The number of aromatic nitrogens is 2. The molecule has 2 aliphatic carbocycles. The van der Waals surface area contributed by atoms with Crippen LogP contribution in [0.25, 0.3) is 5.57 Å². The molecule has 0 aliphatic heterocycles. The van der Waals surface area contributed by atoms with E-state index in [0.717, 1.165) is 35.4 Å². The summed E-state index contributed by atoms with van der Waals surface area (Å²) in [4.78, 5) is 21.6. The number of carbonyl (C=O) groups is 1. The van der Waals surface area contributed by atoms with E-state index in [9.17, 15) is 4.79 Å². The van der Waals surface area contributed by atoms with Crippen LogP contribution >= 0.6 is 0 Å². The SMILES string of the molecule is O=C1CCC(c2ccccc2)C2=C1C=C(c1ccnc(Nc3ccccc3)n1)C2. The van der Waals surface area contributed by atoms with Crippen molar-refractivity contribution in [3.63, 3.8) is 0 Å². The van der Waals surface area contributed by atoms with Crippen molar-refractivity contribution in [2.24, 2.45) is 0 Å². The lowest BCUT2D eigenvalue weighted by Crippen LogP contribution is -2.15. The van der Waals surface area contributed by atoms with Crippen LogP contribution in [0.15, 0.2) is 90.1 Å². The van der Waals surface area contributed by atoms with Crippen LogP contribution in [0.4, 0.5) is 11.6 Å². The molecular formula is C25H21N3O. The van der Waals surface area contributed by atoms with Gasteiger partial charge in [0.05, 0.1) is 5.69 Å². The molecule has 0 amide bonds. The summed E-state index contributed by atoms with van der Waals surface area (Å²) < 4.78 is 0. The van der Waals surface area contributed by atoms with E-state index in [1.54, 1.807) is 6.20 Å². The van der Waals surface area contributed by atoms with E-state index in [1.165, 1.54) is 11.1 Å². The van der Waals surface area contributed by atoms with Gasteiger partial charge in [0.25, 0.3) is 0 Å². The molecule has 0 saturated heterocycles. The Morgan fingerprint density at radius 1 is 0.931 bits per heavy atom. The quantitative estimate of drug-likeness (QED) is 0.655.